The summed E-state index contributed by atoms with van der Waals surface area (Å²) >= 11 is 0. The van der Waals surface area contributed by atoms with Crippen LogP contribution in [0.3, 0.4) is 0 Å². The molecule has 5 heteroatoms. The van der Waals surface area contributed by atoms with Crippen molar-refractivity contribution in [3.05, 3.63) is 18.0 Å². The highest BCUT2D eigenvalue weighted by atomic mass is 16.2. The van der Waals surface area contributed by atoms with Crippen LogP contribution >= 0.6 is 0 Å². The van der Waals surface area contributed by atoms with Crippen molar-refractivity contribution in [2.45, 2.75) is 6.42 Å². The summed E-state index contributed by atoms with van der Waals surface area (Å²) < 4.78 is 1.64. The molecule has 0 radical (unpaired) electrons. The molecule has 0 bridgehead atoms. The average Bonchev–Trinajstić information content (AvgIpc) is 2.45. The highest BCUT2D eigenvalue weighted by Crippen LogP contribution is 2.07. The van der Waals surface area contributed by atoms with Gasteiger partial charge in [-0.15, -0.1) is 0 Å². The van der Waals surface area contributed by atoms with Gasteiger partial charge < -0.3 is 20.4 Å². The van der Waals surface area contributed by atoms with Gasteiger partial charge in [-0.3, -0.25) is 4.79 Å². The van der Waals surface area contributed by atoms with E-state index in [-0.39, 0.29) is 5.91 Å². The number of carbonyl (C=O) groups is 2. The number of rotatable bonds is 4. The van der Waals surface area contributed by atoms with E-state index in [4.69, 9.17) is 5.73 Å². The van der Waals surface area contributed by atoms with E-state index < -0.39 is 0 Å². The first-order chi connectivity index (χ1) is 6.65. The number of amides is 1. The third-order valence-electron chi connectivity index (χ3n) is 1.81. The molecule has 1 amide bonds. The fourth-order valence-corrected chi connectivity index (χ4v) is 1.15. The minimum Gasteiger partial charge on any atom is -0.397 e. The van der Waals surface area contributed by atoms with Crippen LogP contribution in [0.4, 0.5) is 5.69 Å². The highest BCUT2D eigenvalue weighted by Gasteiger charge is 2.09. The van der Waals surface area contributed by atoms with Gasteiger partial charge in [-0.05, 0) is 6.07 Å². The Labute approximate surface area is 81.9 Å². The van der Waals surface area contributed by atoms with Crippen LogP contribution in [0.25, 0.3) is 0 Å². The zero-order valence-electron chi connectivity index (χ0n) is 7.99. The van der Waals surface area contributed by atoms with Crippen molar-refractivity contribution in [1.82, 2.24) is 9.88 Å². The Morgan fingerprint density at radius 2 is 2.43 bits per heavy atom. The number of aromatic nitrogens is 1. The fourth-order valence-electron chi connectivity index (χ4n) is 1.15. The second kappa shape index (κ2) is 4.45. The SMILES string of the molecule is Cn1cc(N)cc1C(=O)NCCC=O. The van der Waals surface area contributed by atoms with Crippen LogP contribution in [0.1, 0.15) is 16.9 Å². The molecule has 76 valence electrons. The lowest BCUT2D eigenvalue weighted by Gasteiger charge is -2.03. The van der Waals surface area contributed by atoms with Crippen molar-refractivity contribution in [2.75, 3.05) is 12.3 Å². The van der Waals surface area contributed by atoms with Gasteiger partial charge in [-0.2, -0.15) is 0 Å². The lowest BCUT2D eigenvalue weighted by atomic mass is 10.3. The summed E-state index contributed by atoms with van der Waals surface area (Å²) in [4.78, 5) is 21.5. The van der Waals surface area contributed by atoms with Gasteiger partial charge in [0.15, 0.2) is 0 Å². The second-order valence-corrected chi connectivity index (χ2v) is 2.98. The summed E-state index contributed by atoms with van der Waals surface area (Å²) in [5.41, 5.74) is 6.56. The molecular weight excluding hydrogens is 182 g/mol. The van der Waals surface area contributed by atoms with Gasteiger partial charge >= 0.3 is 0 Å². The maximum atomic E-state index is 11.5. The number of anilines is 1. The number of hydrogen-bond acceptors (Lipinski definition) is 3. The quantitative estimate of drug-likeness (QED) is 0.521. The van der Waals surface area contributed by atoms with Crippen LogP contribution in [-0.4, -0.2) is 23.3 Å². The first-order valence-corrected chi connectivity index (χ1v) is 4.29. The van der Waals surface area contributed by atoms with Gasteiger partial charge in [0.2, 0.25) is 0 Å². The molecule has 0 aliphatic rings. The lowest BCUT2D eigenvalue weighted by Crippen LogP contribution is -2.26. The first-order valence-electron chi connectivity index (χ1n) is 4.29. The fraction of sp³-hybridized carbons (Fsp3) is 0.333. The van der Waals surface area contributed by atoms with Crippen molar-refractivity contribution in [1.29, 1.82) is 0 Å². The molecule has 3 N–H and O–H groups in total. The predicted molar refractivity (Wildman–Crippen MR) is 52.8 cm³/mol. The zero-order valence-corrected chi connectivity index (χ0v) is 7.99. The Bertz CT molecular complexity index is 344. The largest absolute Gasteiger partial charge is 0.397 e. The Morgan fingerprint density at radius 3 is 2.93 bits per heavy atom. The molecule has 0 aliphatic carbocycles. The number of carbonyl (C=O) groups excluding carboxylic acids is 2. The van der Waals surface area contributed by atoms with E-state index in [2.05, 4.69) is 5.32 Å². The van der Waals surface area contributed by atoms with Gasteiger partial charge in [0.1, 0.15) is 12.0 Å². The van der Waals surface area contributed by atoms with Gasteiger partial charge in [0.05, 0.1) is 5.69 Å². The Morgan fingerprint density at radius 1 is 1.71 bits per heavy atom. The van der Waals surface area contributed by atoms with Crippen molar-refractivity contribution in [3.8, 4) is 0 Å². The maximum absolute atomic E-state index is 11.5. The van der Waals surface area contributed by atoms with Crippen LogP contribution in [0.5, 0.6) is 0 Å². The standard InChI is InChI=1S/C9H13N3O2/c1-12-6-7(10)5-8(12)9(14)11-3-2-4-13/h4-6H,2-3,10H2,1H3,(H,11,14). The van der Waals surface area contributed by atoms with Crippen LogP contribution in [0, 0.1) is 0 Å². The predicted octanol–water partition coefficient (Wildman–Crippen LogP) is -0.0739. The topological polar surface area (TPSA) is 77.1 Å². The van der Waals surface area contributed by atoms with Gasteiger partial charge in [-0.25, -0.2) is 0 Å². The molecular formula is C9H13N3O2. The normalized spacial score (nSPS) is 9.79. The van der Waals surface area contributed by atoms with Crippen molar-refractivity contribution in [2.24, 2.45) is 7.05 Å². The van der Waals surface area contributed by atoms with Crippen LogP contribution < -0.4 is 11.1 Å². The molecule has 0 spiro atoms. The van der Waals surface area contributed by atoms with E-state index in [1.165, 1.54) is 0 Å². The monoisotopic (exact) mass is 195 g/mol. The minimum atomic E-state index is -0.217. The molecule has 1 aromatic rings. The molecule has 0 aromatic carbocycles. The van der Waals surface area contributed by atoms with Crippen molar-refractivity contribution in [3.63, 3.8) is 0 Å². The van der Waals surface area contributed by atoms with Gasteiger partial charge in [0, 0.05) is 26.2 Å². The summed E-state index contributed by atoms with van der Waals surface area (Å²) in [5, 5.41) is 2.61. The summed E-state index contributed by atoms with van der Waals surface area (Å²) in [5.74, 6) is -0.217. The molecule has 14 heavy (non-hydrogen) atoms. The minimum absolute atomic E-state index is 0.217. The molecule has 0 atom stereocenters. The van der Waals surface area contributed by atoms with Crippen molar-refractivity contribution >= 4 is 17.9 Å². The molecule has 0 aliphatic heterocycles. The molecule has 1 heterocycles. The Balaban J connectivity index is 2.60. The summed E-state index contributed by atoms with van der Waals surface area (Å²) in [6.07, 6.45) is 2.75. The molecule has 0 saturated heterocycles. The smallest absolute Gasteiger partial charge is 0.267 e. The van der Waals surface area contributed by atoms with E-state index in [9.17, 15) is 9.59 Å². The summed E-state index contributed by atoms with van der Waals surface area (Å²) in [6.45, 7) is 0.355. The van der Waals surface area contributed by atoms with Crippen LogP contribution in [0.15, 0.2) is 12.3 Å². The van der Waals surface area contributed by atoms with Gasteiger partial charge in [-0.1, -0.05) is 0 Å². The number of aldehydes is 1. The highest BCUT2D eigenvalue weighted by molar-refractivity contribution is 5.93. The van der Waals surface area contributed by atoms with E-state index in [1.54, 1.807) is 23.9 Å². The molecule has 1 aromatic heterocycles. The molecule has 1 rings (SSSR count). The number of aryl methyl sites for hydroxylation is 1. The number of nitrogens with two attached hydrogens (primary N) is 1. The second-order valence-electron chi connectivity index (χ2n) is 2.98. The van der Waals surface area contributed by atoms with E-state index in [0.29, 0.717) is 24.3 Å². The molecule has 0 unspecified atom stereocenters. The van der Waals surface area contributed by atoms with Crippen LogP contribution in [0.2, 0.25) is 0 Å². The summed E-state index contributed by atoms with van der Waals surface area (Å²) in [6, 6.07) is 1.59. The number of nitrogens with zero attached hydrogens (tertiary/aromatic N) is 1. The van der Waals surface area contributed by atoms with Crippen molar-refractivity contribution < 1.29 is 9.59 Å². The van der Waals surface area contributed by atoms with Gasteiger partial charge in [0.25, 0.3) is 5.91 Å². The molecule has 0 fully saturated rings. The van der Waals surface area contributed by atoms with E-state index >= 15 is 0 Å². The maximum Gasteiger partial charge on any atom is 0.267 e. The first kappa shape index (κ1) is 10.3. The van der Waals surface area contributed by atoms with E-state index in [0.717, 1.165) is 6.29 Å². The lowest BCUT2D eigenvalue weighted by molar-refractivity contribution is -0.107. The number of nitrogens with one attached hydrogen (secondary N) is 1. The Kier molecular flexibility index (Phi) is 3.28. The van der Waals surface area contributed by atoms with Crippen LogP contribution in [-0.2, 0) is 11.8 Å². The molecule has 0 saturated carbocycles. The summed E-state index contributed by atoms with van der Waals surface area (Å²) in [7, 11) is 1.74. The number of nitrogen functional groups attached to an aromatic ring is 1. The van der Waals surface area contributed by atoms with E-state index in [1.807, 2.05) is 0 Å². The third-order valence-corrected chi connectivity index (χ3v) is 1.81. The number of hydrogen-bond donors (Lipinski definition) is 2. The zero-order chi connectivity index (χ0) is 10.6. The third kappa shape index (κ3) is 2.35. The molecule has 5 nitrogen and oxygen atoms in total. The Hall–Kier alpha value is -1.78. The average molecular weight is 195 g/mol.